The highest BCUT2D eigenvalue weighted by Gasteiger charge is 2.63. The summed E-state index contributed by atoms with van der Waals surface area (Å²) in [5, 5.41) is 2.69. The van der Waals surface area contributed by atoms with Crippen LogP contribution < -0.4 is 5.32 Å². The summed E-state index contributed by atoms with van der Waals surface area (Å²) >= 11 is 3.35. The molecule has 3 aliphatic carbocycles. The zero-order valence-electron chi connectivity index (χ0n) is 22.2. The van der Waals surface area contributed by atoms with Crippen molar-refractivity contribution in [2.75, 3.05) is 11.9 Å². The molecule has 0 unspecified atom stereocenters. The summed E-state index contributed by atoms with van der Waals surface area (Å²) in [6.07, 6.45) is 0.249. The maximum Gasteiger partial charge on any atom is 0.329 e. The summed E-state index contributed by atoms with van der Waals surface area (Å²) < 4.78 is 6.28. The van der Waals surface area contributed by atoms with Crippen molar-refractivity contribution in [3.63, 3.8) is 0 Å². The van der Waals surface area contributed by atoms with Crippen LogP contribution in [0.25, 0.3) is 0 Å². The van der Waals surface area contributed by atoms with Crippen LogP contribution in [-0.4, -0.2) is 41.2 Å². The van der Waals surface area contributed by atoms with Gasteiger partial charge in [-0.25, -0.2) is 4.79 Å². The van der Waals surface area contributed by atoms with Crippen molar-refractivity contribution >= 4 is 45.3 Å². The van der Waals surface area contributed by atoms with Gasteiger partial charge in [0.25, 0.3) is 5.91 Å². The third kappa shape index (κ3) is 4.35. The number of amides is 3. The van der Waals surface area contributed by atoms with Crippen LogP contribution in [0.4, 0.5) is 5.69 Å². The average Bonchev–Trinajstić information content (AvgIpc) is 3.21. The number of benzene rings is 3. The zero-order valence-corrected chi connectivity index (χ0v) is 23.8. The van der Waals surface area contributed by atoms with Gasteiger partial charge >= 0.3 is 5.97 Å². The molecule has 0 spiro atoms. The van der Waals surface area contributed by atoms with Crippen LogP contribution in [0.1, 0.15) is 54.4 Å². The Bertz CT molecular complexity index is 1400. The molecular formula is C32H29BrN2O5. The van der Waals surface area contributed by atoms with Gasteiger partial charge in [0.15, 0.2) is 6.61 Å². The quantitative estimate of drug-likeness (QED) is 0.296. The van der Waals surface area contributed by atoms with E-state index in [0.29, 0.717) is 5.69 Å². The van der Waals surface area contributed by atoms with Crippen LogP contribution in [0.15, 0.2) is 77.3 Å². The number of ether oxygens (including phenoxy) is 1. The average molecular weight is 601 g/mol. The number of rotatable bonds is 7. The Morgan fingerprint density at radius 1 is 0.825 bits per heavy atom. The highest BCUT2D eigenvalue weighted by molar-refractivity contribution is 9.10. The molecular weight excluding hydrogens is 572 g/mol. The molecule has 1 N–H and O–H groups in total. The Kier molecular flexibility index (Phi) is 6.82. The van der Waals surface area contributed by atoms with Crippen molar-refractivity contribution in [2.24, 2.45) is 17.8 Å². The number of carbonyl (C=O) groups is 4. The minimum Gasteiger partial charge on any atom is -0.454 e. The van der Waals surface area contributed by atoms with E-state index in [0.717, 1.165) is 31.6 Å². The fraction of sp³-hybridized carbons (Fsp3) is 0.312. The fourth-order valence-electron chi connectivity index (χ4n) is 6.72. The molecule has 1 saturated heterocycles. The molecule has 2 bridgehead atoms. The number of carbonyl (C=O) groups excluding carboxylic acids is 4. The van der Waals surface area contributed by atoms with Crippen molar-refractivity contribution in [3.05, 3.63) is 99.5 Å². The maximum atomic E-state index is 14.1. The number of hydrogen-bond acceptors (Lipinski definition) is 5. The summed E-state index contributed by atoms with van der Waals surface area (Å²) in [7, 11) is 0. The van der Waals surface area contributed by atoms with E-state index < -0.39 is 36.4 Å². The number of halogens is 1. The van der Waals surface area contributed by atoms with Crippen LogP contribution in [0.2, 0.25) is 0 Å². The summed E-state index contributed by atoms with van der Waals surface area (Å²) in [6, 6.07) is 22.0. The first-order chi connectivity index (χ1) is 19.3. The molecule has 0 saturated carbocycles. The van der Waals surface area contributed by atoms with Gasteiger partial charge in [-0.2, -0.15) is 0 Å². The largest absolute Gasteiger partial charge is 0.454 e. The van der Waals surface area contributed by atoms with E-state index in [-0.39, 0.29) is 36.0 Å². The fourth-order valence-corrected chi connectivity index (χ4v) is 6.99. The molecule has 7 rings (SSSR count). The zero-order chi connectivity index (χ0) is 28.1. The van der Waals surface area contributed by atoms with Crippen LogP contribution >= 0.6 is 15.9 Å². The predicted molar refractivity (Wildman–Crippen MR) is 152 cm³/mol. The second-order valence-corrected chi connectivity index (χ2v) is 12.0. The Morgan fingerprint density at radius 2 is 1.30 bits per heavy atom. The lowest BCUT2D eigenvalue weighted by molar-refractivity contribution is -0.160. The lowest BCUT2D eigenvalue weighted by Crippen LogP contribution is -2.47. The molecule has 1 aliphatic heterocycles. The van der Waals surface area contributed by atoms with E-state index in [1.54, 1.807) is 24.3 Å². The topological polar surface area (TPSA) is 92.8 Å². The van der Waals surface area contributed by atoms with Gasteiger partial charge < -0.3 is 10.1 Å². The third-order valence-corrected chi connectivity index (χ3v) is 8.76. The van der Waals surface area contributed by atoms with E-state index in [1.807, 2.05) is 62.4 Å². The van der Waals surface area contributed by atoms with Crippen molar-refractivity contribution in [3.8, 4) is 0 Å². The van der Waals surface area contributed by atoms with Crippen LogP contribution in [-0.2, 0) is 23.9 Å². The van der Waals surface area contributed by atoms with Gasteiger partial charge in [-0.3, -0.25) is 19.3 Å². The molecule has 3 aromatic rings. The Hall–Kier alpha value is -3.78. The number of imide groups is 1. The van der Waals surface area contributed by atoms with E-state index in [9.17, 15) is 19.2 Å². The van der Waals surface area contributed by atoms with E-state index in [2.05, 4.69) is 21.2 Å². The molecule has 1 fully saturated rings. The van der Waals surface area contributed by atoms with Crippen LogP contribution in [0.3, 0.4) is 0 Å². The Morgan fingerprint density at radius 3 is 1.75 bits per heavy atom. The van der Waals surface area contributed by atoms with Crippen LogP contribution in [0.5, 0.6) is 0 Å². The summed E-state index contributed by atoms with van der Waals surface area (Å²) in [5.74, 6) is -3.59. The second kappa shape index (κ2) is 10.3. The van der Waals surface area contributed by atoms with Gasteiger partial charge in [0.05, 0.1) is 11.8 Å². The summed E-state index contributed by atoms with van der Waals surface area (Å²) in [4.78, 5) is 55.3. The minimum atomic E-state index is -1.10. The lowest BCUT2D eigenvalue weighted by Gasteiger charge is -2.45. The van der Waals surface area contributed by atoms with Crippen molar-refractivity contribution in [1.29, 1.82) is 0 Å². The number of likely N-dealkylation sites (tertiary alicyclic amines) is 1. The molecule has 0 aromatic heterocycles. The van der Waals surface area contributed by atoms with Gasteiger partial charge in [0.1, 0.15) is 6.04 Å². The standard InChI is InChI=1S/C32H29BrN2O5/c1-17(2)15-24(32(39)40-16-25(36)34-19-13-11-18(33)12-14-19)35-30(37)28-26-20-7-3-4-8-21(20)27(29(28)31(35)38)23-10-6-5-9-22(23)26/h3-14,17,24,26-29H,15-16H2,1-2H3,(H,34,36)/t24-,26?,27?,28-,29+/m0/s1. The molecule has 3 atom stereocenters. The molecule has 8 heteroatoms. The van der Waals surface area contributed by atoms with Gasteiger partial charge in [-0.1, -0.05) is 78.3 Å². The van der Waals surface area contributed by atoms with E-state index in [4.69, 9.17) is 4.74 Å². The lowest BCUT2D eigenvalue weighted by atomic mass is 9.55. The number of esters is 1. The van der Waals surface area contributed by atoms with Gasteiger partial charge in [0, 0.05) is 22.0 Å². The monoisotopic (exact) mass is 600 g/mol. The van der Waals surface area contributed by atoms with E-state index in [1.165, 1.54) is 0 Å². The molecule has 3 aromatic carbocycles. The highest BCUT2D eigenvalue weighted by Crippen LogP contribution is 2.61. The molecule has 3 amide bonds. The molecule has 0 radical (unpaired) electrons. The van der Waals surface area contributed by atoms with Crippen molar-refractivity contribution < 1.29 is 23.9 Å². The molecule has 40 heavy (non-hydrogen) atoms. The molecule has 1 heterocycles. The maximum absolute atomic E-state index is 14.1. The normalized spacial score (nSPS) is 22.9. The van der Waals surface area contributed by atoms with Gasteiger partial charge in [-0.15, -0.1) is 0 Å². The summed E-state index contributed by atoms with van der Waals surface area (Å²) in [6.45, 7) is 3.33. The van der Waals surface area contributed by atoms with Crippen molar-refractivity contribution in [1.82, 2.24) is 4.90 Å². The van der Waals surface area contributed by atoms with E-state index >= 15 is 0 Å². The molecule has 4 aliphatic rings. The Labute approximate surface area is 241 Å². The number of nitrogens with zero attached hydrogens (tertiary/aromatic N) is 1. The number of nitrogens with one attached hydrogen (secondary N) is 1. The second-order valence-electron chi connectivity index (χ2n) is 11.1. The minimum absolute atomic E-state index is 0.00323. The SMILES string of the molecule is CC(C)C[C@@H](C(=O)OCC(=O)Nc1ccc(Br)cc1)N1C(=O)[C@@H]2C3c4ccccc4C(c4ccccc43)[C@@H]2C1=O. The summed E-state index contributed by atoms with van der Waals surface area (Å²) in [5.41, 5.74) is 4.85. The smallest absolute Gasteiger partial charge is 0.329 e. The number of hydrogen-bond donors (Lipinski definition) is 1. The first-order valence-electron chi connectivity index (χ1n) is 13.5. The van der Waals surface area contributed by atoms with Crippen molar-refractivity contribution in [2.45, 2.75) is 38.1 Å². The predicted octanol–water partition coefficient (Wildman–Crippen LogP) is 5.24. The first kappa shape index (κ1) is 26.4. The highest BCUT2D eigenvalue weighted by atomic mass is 79.9. The molecule has 204 valence electrons. The number of anilines is 1. The third-order valence-electron chi connectivity index (χ3n) is 8.23. The van der Waals surface area contributed by atoms with Gasteiger partial charge in [-0.05, 0) is 58.9 Å². The first-order valence-corrected chi connectivity index (χ1v) is 14.3. The Balaban J connectivity index is 1.27. The van der Waals surface area contributed by atoms with Gasteiger partial charge in [0.2, 0.25) is 11.8 Å². The van der Waals surface area contributed by atoms with Crippen LogP contribution in [0, 0.1) is 17.8 Å². The molecule has 7 nitrogen and oxygen atoms in total.